The van der Waals surface area contributed by atoms with Gasteiger partial charge in [0, 0.05) is 40.3 Å². The topological polar surface area (TPSA) is 104 Å². The minimum atomic E-state index is -0.496. The van der Waals surface area contributed by atoms with Crippen LogP contribution < -0.4 is 14.8 Å². The van der Waals surface area contributed by atoms with Crippen LogP contribution in [-0.4, -0.2) is 25.1 Å². The van der Waals surface area contributed by atoms with Gasteiger partial charge in [-0.2, -0.15) is 0 Å². The van der Waals surface area contributed by atoms with Crippen LogP contribution in [-0.2, 0) is 4.79 Å². The number of ether oxygens (including phenoxy) is 2. The Morgan fingerprint density at radius 3 is 2.42 bits per heavy atom. The normalized spacial score (nSPS) is 11.4. The van der Waals surface area contributed by atoms with E-state index in [2.05, 4.69) is 5.32 Å². The number of nitro benzene ring substituents is 1. The van der Waals surface area contributed by atoms with Gasteiger partial charge in [-0.3, -0.25) is 14.9 Å². The molecule has 1 aromatic heterocycles. The number of allylic oxidation sites excluding steroid dienone is 1. The number of methoxy groups -OCH3 is 2. The summed E-state index contributed by atoms with van der Waals surface area (Å²) in [6.07, 6.45) is 3.16. The molecule has 4 aromatic rings. The summed E-state index contributed by atoms with van der Waals surface area (Å²) in [5.41, 5.74) is 5.80. The highest BCUT2D eigenvalue weighted by Gasteiger charge is 2.19. The van der Waals surface area contributed by atoms with Crippen molar-refractivity contribution < 1.29 is 23.6 Å². The van der Waals surface area contributed by atoms with E-state index >= 15 is 0 Å². The molecule has 1 amide bonds. The second-order valence-electron chi connectivity index (χ2n) is 8.41. The third kappa shape index (κ3) is 4.65. The van der Waals surface area contributed by atoms with E-state index in [4.69, 9.17) is 13.9 Å². The van der Waals surface area contributed by atoms with Gasteiger partial charge in [0.2, 0.25) is 5.91 Å². The maximum Gasteiger partial charge on any atom is 0.271 e. The minimum Gasteiger partial charge on any atom is -0.497 e. The molecular formula is C28H26N2O6. The molecule has 0 aliphatic rings. The van der Waals surface area contributed by atoms with E-state index in [9.17, 15) is 14.9 Å². The Bertz CT molecular complexity index is 1500. The molecule has 0 aliphatic carbocycles. The molecule has 0 saturated heterocycles. The van der Waals surface area contributed by atoms with E-state index in [1.54, 1.807) is 33.5 Å². The third-order valence-electron chi connectivity index (χ3n) is 6.11. The average Bonchev–Trinajstić information content (AvgIpc) is 3.29. The fourth-order valence-corrected chi connectivity index (χ4v) is 4.17. The van der Waals surface area contributed by atoms with E-state index < -0.39 is 10.8 Å². The summed E-state index contributed by atoms with van der Waals surface area (Å²) in [5.74, 6) is 0.957. The largest absolute Gasteiger partial charge is 0.497 e. The molecule has 0 bridgehead atoms. The smallest absolute Gasteiger partial charge is 0.271 e. The van der Waals surface area contributed by atoms with Crippen molar-refractivity contribution in [1.82, 2.24) is 0 Å². The van der Waals surface area contributed by atoms with Crippen molar-refractivity contribution >= 4 is 33.8 Å². The lowest BCUT2D eigenvalue weighted by atomic mass is 9.96. The highest BCUT2D eigenvalue weighted by Crippen LogP contribution is 2.40. The van der Waals surface area contributed by atoms with E-state index in [1.165, 1.54) is 18.2 Å². The monoisotopic (exact) mass is 486 g/mol. The molecular weight excluding hydrogens is 460 g/mol. The average molecular weight is 487 g/mol. The lowest BCUT2D eigenvalue weighted by Gasteiger charge is -2.14. The Morgan fingerprint density at radius 1 is 1.06 bits per heavy atom. The summed E-state index contributed by atoms with van der Waals surface area (Å²) >= 11 is 0. The quantitative estimate of drug-likeness (QED) is 0.177. The summed E-state index contributed by atoms with van der Waals surface area (Å²) in [7, 11) is 3.20. The lowest BCUT2D eigenvalue weighted by molar-refractivity contribution is -0.384. The van der Waals surface area contributed by atoms with Gasteiger partial charge in [-0.05, 0) is 55.7 Å². The molecule has 4 rings (SSSR count). The maximum absolute atomic E-state index is 12.8. The van der Waals surface area contributed by atoms with Gasteiger partial charge in [0.25, 0.3) is 5.69 Å². The zero-order chi connectivity index (χ0) is 26.0. The summed E-state index contributed by atoms with van der Waals surface area (Å²) in [5, 5.41) is 14.7. The molecule has 8 nitrogen and oxygen atoms in total. The summed E-state index contributed by atoms with van der Waals surface area (Å²) < 4.78 is 16.9. The number of aryl methyl sites for hydroxylation is 2. The van der Waals surface area contributed by atoms with Crippen LogP contribution in [0.15, 0.2) is 65.3 Å². The Labute approximate surface area is 208 Å². The Balaban J connectivity index is 1.74. The number of nitrogens with zero attached hydrogens (tertiary/aromatic N) is 1. The van der Waals surface area contributed by atoms with Crippen LogP contribution in [0.1, 0.15) is 23.6 Å². The maximum atomic E-state index is 12.8. The zero-order valence-corrected chi connectivity index (χ0v) is 20.7. The van der Waals surface area contributed by atoms with Crippen LogP contribution in [0.25, 0.3) is 27.7 Å². The molecule has 8 heteroatoms. The number of nitrogens with one attached hydrogen (secondary N) is 1. The number of hydrogen-bond acceptors (Lipinski definition) is 6. The standard InChI is InChI=1S/C28H26N2O6/c1-16-6-9-20(30(32)33)13-25(16)29-26(31)12-17(2)22-14-23-24(19-7-10-21(34-4)11-8-19)15-36-28(23)18(3)27(22)35-5/h6-15H,1-5H3,(H,29,31)/b17-12+. The number of rotatable bonds is 7. The number of furan rings is 1. The minimum absolute atomic E-state index is 0.0923. The molecule has 36 heavy (non-hydrogen) atoms. The lowest BCUT2D eigenvalue weighted by Crippen LogP contribution is -2.10. The fraction of sp³-hybridized carbons (Fsp3) is 0.179. The molecule has 0 atom stereocenters. The molecule has 0 radical (unpaired) electrons. The highest BCUT2D eigenvalue weighted by molar-refractivity contribution is 6.06. The van der Waals surface area contributed by atoms with Crippen LogP contribution in [0.5, 0.6) is 11.5 Å². The van der Waals surface area contributed by atoms with E-state index in [0.29, 0.717) is 22.6 Å². The third-order valence-corrected chi connectivity index (χ3v) is 6.11. The summed E-state index contributed by atoms with van der Waals surface area (Å²) in [6, 6.07) is 14.0. The van der Waals surface area contributed by atoms with Crippen LogP contribution >= 0.6 is 0 Å². The first-order valence-corrected chi connectivity index (χ1v) is 11.2. The second-order valence-corrected chi connectivity index (χ2v) is 8.41. The summed E-state index contributed by atoms with van der Waals surface area (Å²) in [4.78, 5) is 23.5. The molecule has 0 spiro atoms. The molecule has 1 N–H and O–H groups in total. The van der Waals surface area contributed by atoms with Crippen LogP contribution in [0, 0.1) is 24.0 Å². The van der Waals surface area contributed by atoms with E-state index in [0.717, 1.165) is 39.0 Å². The first-order valence-electron chi connectivity index (χ1n) is 11.2. The highest BCUT2D eigenvalue weighted by atomic mass is 16.6. The number of amides is 1. The predicted octanol–water partition coefficient (Wildman–Crippen LogP) is 6.68. The SMILES string of the molecule is COc1ccc(-c2coc3c(C)c(OC)c(/C(C)=C/C(=O)Nc4cc([N+](=O)[O-])ccc4C)cc23)cc1. The van der Waals surface area contributed by atoms with Crippen molar-refractivity contribution in [1.29, 1.82) is 0 Å². The number of hydrogen-bond donors (Lipinski definition) is 1. The fourth-order valence-electron chi connectivity index (χ4n) is 4.17. The van der Waals surface area contributed by atoms with Gasteiger partial charge in [0.1, 0.15) is 17.1 Å². The molecule has 0 fully saturated rings. The van der Waals surface area contributed by atoms with Gasteiger partial charge in [0.05, 0.1) is 31.1 Å². The number of non-ortho nitro benzene ring substituents is 1. The van der Waals surface area contributed by atoms with Crippen LogP contribution in [0.3, 0.4) is 0 Å². The predicted molar refractivity (Wildman–Crippen MR) is 140 cm³/mol. The van der Waals surface area contributed by atoms with Gasteiger partial charge in [-0.15, -0.1) is 0 Å². The van der Waals surface area contributed by atoms with E-state index in [-0.39, 0.29) is 5.69 Å². The van der Waals surface area contributed by atoms with Crippen molar-refractivity contribution in [3.63, 3.8) is 0 Å². The Hall–Kier alpha value is -4.59. The molecule has 1 heterocycles. The van der Waals surface area contributed by atoms with Crippen molar-refractivity contribution in [3.8, 4) is 22.6 Å². The first kappa shape index (κ1) is 24.5. The zero-order valence-electron chi connectivity index (χ0n) is 20.7. The van der Waals surface area contributed by atoms with Crippen LogP contribution in [0.4, 0.5) is 11.4 Å². The number of fused-ring (bicyclic) bond motifs is 1. The Morgan fingerprint density at radius 2 is 1.78 bits per heavy atom. The van der Waals surface area contributed by atoms with Crippen molar-refractivity contribution in [3.05, 3.63) is 87.7 Å². The summed E-state index contributed by atoms with van der Waals surface area (Å²) in [6.45, 7) is 5.50. The first-order chi connectivity index (χ1) is 17.2. The number of anilines is 1. The van der Waals surface area contributed by atoms with Gasteiger partial charge in [-0.1, -0.05) is 18.2 Å². The Kier molecular flexibility index (Phi) is 6.78. The number of carbonyl (C=O) groups excluding carboxylic acids is 1. The molecule has 0 saturated carbocycles. The number of benzene rings is 3. The molecule has 0 unspecified atom stereocenters. The van der Waals surface area contributed by atoms with Gasteiger partial charge in [0.15, 0.2) is 0 Å². The van der Waals surface area contributed by atoms with Crippen molar-refractivity contribution in [2.75, 3.05) is 19.5 Å². The number of nitro groups is 1. The second kappa shape index (κ2) is 9.95. The number of carbonyl (C=O) groups is 1. The van der Waals surface area contributed by atoms with Crippen molar-refractivity contribution in [2.24, 2.45) is 0 Å². The van der Waals surface area contributed by atoms with E-state index in [1.807, 2.05) is 44.2 Å². The van der Waals surface area contributed by atoms with Gasteiger partial charge >= 0.3 is 0 Å². The van der Waals surface area contributed by atoms with Gasteiger partial charge in [-0.25, -0.2) is 0 Å². The van der Waals surface area contributed by atoms with Crippen LogP contribution in [0.2, 0.25) is 0 Å². The molecule has 3 aromatic carbocycles. The molecule has 0 aliphatic heterocycles. The van der Waals surface area contributed by atoms with Crippen molar-refractivity contribution in [2.45, 2.75) is 20.8 Å². The van der Waals surface area contributed by atoms with Gasteiger partial charge < -0.3 is 19.2 Å². The molecule has 184 valence electrons.